The Morgan fingerprint density at radius 2 is 1.38 bits per heavy atom. The third-order valence-electron chi connectivity index (χ3n) is 6.02. The van der Waals surface area contributed by atoms with E-state index in [1.54, 1.807) is 0 Å². The van der Waals surface area contributed by atoms with Crippen LogP contribution in [0.25, 0.3) is 16.6 Å². The van der Waals surface area contributed by atoms with E-state index >= 15 is 4.39 Å². The Labute approximate surface area is 239 Å². The average Bonchev–Trinajstić information content (AvgIpc) is 2.82. The van der Waals surface area contributed by atoms with Gasteiger partial charge in [-0.05, 0) is 40.5 Å². The van der Waals surface area contributed by atoms with Crippen LogP contribution >= 0.6 is 34.8 Å². The lowest BCUT2D eigenvalue weighted by Crippen LogP contribution is -2.19. The molecule has 12 heteroatoms. The molecule has 0 amide bonds. The fourth-order valence-electron chi connectivity index (χ4n) is 4.30. The minimum atomic E-state index is -4.93. The van der Waals surface area contributed by atoms with Gasteiger partial charge in [-0.15, -0.1) is 0 Å². The van der Waals surface area contributed by atoms with Gasteiger partial charge in [-0.2, -0.15) is 26.3 Å². The van der Waals surface area contributed by atoms with Crippen LogP contribution in [0.5, 0.6) is 0 Å². The van der Waals surface area contributed by atoms with Crippen LogP contribution in [-0.2, 0) is 4.79 Å². The number of hydrogen-bond acceptors (Lipinski definition) is 2. The molecule has 0 aromatic heterocycles. The molecule has 2 nitrogen and oxygen atoms in total. The first-order valence-corrected chi connectivity index (χ1v) is 12.8. The summed E-state index contributed by atoms with van der Waals surface area (Å²) in [6.07, 6.45) is -11.5. The van der Waals surface area contributed by atoms with Crippen LogP contribution in [0.15, 0.2) is 54.6 Å². The van der Waals surface area contributed by atoms with Crippen molar-refractivity contribution in [3.8, 4) is 0 Å². The van der Waals surface area contributed by atoms with E-state index in [0.717, 1.165) is 18.2 Å². The summed E-state index contributed by atoms with van der Waals surface area (Å²) >= 11 is 17.6. The first kappa shape index (κ1) is 31.9. The number of rotatable bonds is 9. The number of fused-ring (bicyclic) bond motifs is 1. The number of halogens is 10. The van der Waals surface area contributed by atoms with Crippen molar-refractivity contribution in [2.45, 2.75) is 44.5 Å². The number of Topliss-reactive ketones (excluding diaryl/α,β-unsaturated/α-hetero) is 2. The van der Waals surface area contributed by atoms with Gasteiger partial charge in [0.1, 0.15) is 23.9 Å². The van der Waals surface area contributed by atoms with Gasteiger partial charge in [0.15, 0.2) is 5.78 Å². The molecular formula is C28H20Cl3F7O2. The average molecular weight is 628 g/mol. The number of benzene rings is 3. The molecule has 2 atom stereocenters. The van der Waals surface area contributed by atoms with Crippen molar-refractivity contribution in [1.29, 1.82) is 0 Å². The van der Waals surface area contributed by atoms with Gasteiger partial charge in [-0.1, -0.05) is 78.1 Å². The molecular weight excluding hydrogens is 608 g/mol. The molecule has 3 aromatic carbocycles. The van der Waals surface area contributed by atoms with Gasteiger partial charge < -0.3 is 0 Å². The van der Waals surface area contributed by atoms with Crippen LogP contribution in [0.1, 0.15) is 53.6 Å². The first-order chi connectivity index (χ1) is 18.5. The van der Waals surface area contributed by atoms with Crippen LogP contribution in [0.2, 0.25) is 15.1 Å². The first-order valence-electron chi connectivity index (χ1n) is 11.7. The summed E-state index contributed by atoms with van der Waals surface area (Å²) in [7, 11) is 0. The second-order valence-electron chi connectivity index (χ2n) is 9.31. The fourth-order valence-corrected chi connectivity index (χ4v) is 4.92. The SMILES string of the molecule is C[C@H](CC(=O)CC(F)(F)F)CC(=O)c1ccc(/C(F)=C/C(c2cc(Cl)c(Cl)c(Cl)c2)C(F)(F)F)c2ccccc12. The quantitative estimate of drug-likeness (QED) is 0.134. The Bertz CT molecular complexity index is 1440. The summed E-state index contributed by atoms with van der Waals surface area (Å²) in [6.45, 7) is 1.46. The van der Waals surface area contributed by atoms with Gasteiger partial charge >= 0.3 is 12.4 Å². The lowest BCUT2D eigenvalue weighted by Gasteiger charge is -2.19. The maximum Gasteiger partial charge on any atom is 0.399 e. The predicted molar refractivity (Wildman–Crippen MR) is 142 cm³/mol. The summed E-state index contributed by atoms with van der Waals surface area (Å²) in [6, 6.07) is 10.2. The zero-order chi connectivity index (χ0) is 30.0. The zero-order valence-corrected chi connectivity index (χ0v) is 22.8. The smallest absolute Gasteiger partial charge is 0.299 e. The molecule has 0 saturated carbocycles. The van der Waals surface area contributed by atoms with E-state index in [-0.39, 0.29) is 43.4 Å². The third kappa shape index (κ3) is 7.98. The van der Waals surface area contributed by atoms with Crippen molar-refractivity contribution in [1.82, 2.24) is 0 Å². The molecule has 0 heterocycles. The molecule has 3 rings (SSSR count). The van der Waals surface area contributed by atoms with Crippen molar-refractivity contribution in [3.63, 3.8) is 0 Å². The lowest BCUT2D eigenvalue weighted by molar-refractivity contribution is -0.152. The number of allylic oxidation sites excluding steroid dienone is 1. The Hall–Kier alpha value is -2.62. The number of hydrogen-bond donors (Lipinski definition) is 0. The van der Waals surface area contributed by atoms with Crippen LogP contribution in [-0.4, -0.2) is 23.9 Å². The van der Waals surface area contributed by atoms with Crippen LogP contribution < -0.4 is 0 Å². The van der Waals surface area contributed by atoms with Crippen molar-refractivity contribution < 1.29 is 40.3 Å². The summed E-state index contributed by atoms with van der Waals surface area (Å²) in [5.41, 5.74) is -0.570. The molecule has 40 heavy (non-hydrogen) atoms. The van der Waals surface area contributed by atoms with Crippen molar-refractivity contribution in [3.05, 3.63) is 86.4 Å². The highest BCUT2D eigenvalue weighted by atomic mass is 35.5. The van der Waals surface area contributed by atoms with Gasteiger partial charge in [0.25, 0.3) is 0 Å². The van der Waals surface area contributed by atoms with Crippen LogP contribution in [0.3, 0.4) is 0 Å². The predicted octanol–water partition coefficient (Wildman–Crippen LogP) is 10.6. The lowest BCUT2D eigenvalue weighted by atomic mass is 9.90. The van der Waals surface area contributed by atoms with Crippen molar-refractivity contribution in [2.75, 3.05) is 0 Å². The molecule has 0 aliphatic carbocycles. The maximum absolute atomic E-state index is 15.5. The molecule has 0 radical (unpaired) electrons. The molecule has 0 N–H and O–H groups in total. The number of ketones is 2. The molecule has 0 bridgehead atoms. The largest absolute Gasteiger partial charge is 0.399 e. The second kappa shape index (κ2) is 12.5. The molecule has 3 aromatic rings. The maximum atomic E-state index is 15.5. The van der Waals surface area contributed by atoms with Crippen LogP contribution in [0.4, 0.5) is 30.7 Å². The summed E-state index contributed by atoms with van der Waals surface area (Å²) in [5.74, 6) is -5.94. The Kier molecular flexibility index (Phi) is 9.96. The van der Waals surface area contributed by atoms with Gasteiger partial charge in [0.2, 0.25) is 0 Å². The molecule has 0 aliphatic heterocycles. The van der Waals surface area contributed by atoms with E-state index in [4.69, 9.17) is 34.8 Å². The van der Waals surface area contributed by atoms with E-state index < -0.39 is 60.0 Å². The summed E-state index contributed by atoms with van der Waals surface area (Å²) in [4.78, 5) is 24.6. The highest BCUT2D eigenvalue weighted by Crippen LogP contribution is 2.43. The van der Waals surface area contributed by atoms with E-state index in [1.807, 2.05) is 0 Å². The van der Waals surface area contributed by atoms with Crippen molar-refractivity contribution >= 4 is 63.0 Å². The highest BCUT2D eigenvalue weighted by Gasteiger charge is 2.40. The summed E-state index contributed by atoms with van der Waals surface area (Å²) in [5, 5.41) is -0.271. The van der Waals surface area contributed by atoms with Crippen molar-refractivity contribution in [2.24, 2.45) is 5.92 Å². The Morgan fingerprint density at radius 3 is 1.90 bits per heavy atom. The molecule has 1 unspecified atom stereocenters. The van der Waals surface area contributed by atoms with Gasteiger partial charge in [0.05, 0.1) is 15.1 Å². The normalized spacial score (nSPS) is 14.3. The van der Waals surface area contributed by atoms with E-state index in [9.17, 15) is 35.9 Å². The molecule has 214 valence electrons. The minimum Gasteiger partial charge on any atom is -0.299 e. The third-order valence-corrected chi connectivity index (χ3v) is 7.22. The van der Waals surface area contributed by atoms with E-state index in [0.29, 0.717) is 6.08 Å². The minimum absolute atomic E-state index is 0.0888. The molecule has 0 spiro atoms. The van der Waals surface area contributed by atoms with Gasteiger partial charge in [-0.3, -0.25) is 9.59 Å². The molecule has 0 saturated heterocycles. The molecule has 0 fully saturated rings. The summed E-state index contributed by atoms with van der Waals surface area (Å²) < 4.78 is 94.8. The van der Waals surface area contributed by atoms with E-state index in [1.165, 1.54) is 37.3 Å². The zero-order valence-electron chi connectivity index (χ0n) is 20.6. The highest BCUT2D eigenvalue weighted by molar-refractivity contribution is 6.48. The Balaban J connectivity index is 1.97. The standard InChI is InChI=1S/C28H20Cl3F7O2/c1-14(8-16(39)13-27(33,34)35)9-25(40)20-7-6-19(17-4-2-3-5-18(17)20)24(32)12-21(28(36,37)38)15-10-22(29)26(31)23(30)11-15/h2-7,10-12,14,21H,8-9,13H2,1H3/b24-12-/t14-,21?/m1/s1. The number of alkyl halides is 6. The van der Waals surface area contributed by atoms with E-state index in [2.05, 4.69) is 0 Å². The van der Waals surface area contributed by atoms with Gasteiger partial charge in [-0.25, -0.2) is 4.39 Å². The topological polar surface area (TPSA) is 34.1 Å². The number of carbonyl (C=O) groups is 2. The fraction of sp³-hybridized carbons (Fsp3) is 0.286. The van der Waals surface area contributed by atoms with Crippen LogP contribution in [0, 0.1) is 5.92 Å². The van der Waals surface area contributed by atoms with Gasteiger partial charge in [0, 0.05) is 24.0 Å². The monoisotopic (exact) mass is 626 g/mol. The second-order valence-corrected chi connectivity index (χ2v) is 10.5. The molecule has 0 aliphatic rings. The number of carbonyl (C=O) groups excluding carboxylic acids is 2. The Morgan fingerprint density at radius 1 is 0.850 bits per heavy atom.